The Kier molecular flexibility index (Phi) is 4.36. The summed E-state index contributed by atoms with van der Waals surface area (Å²) in [6.45, 7) is 0.727. The number of aromatic hydroxyl groups is 2. The maximum Gasteiger partial charge on any atom is 0.158 e. The average Bonchev–Trinajstić information content (AvgIpc) is 2.43. The van der Waals surface area contributed by atoms with Crippen LogP contribution in [0.15, 0.2) is 48.5 Å². The number of hydrogen-bond acceptors (Lipinski definition) is 3. The predicted octanol–water partition coefficient (Wildman–Crippen LogP) is 2.61. The molecule has 0 fully saturated rings. The first kappa shape index (κ1) is 13.4. The summed E-state index contributed by atoms with van der Waals surface area (Å²) < 4.78 is 0. The van der Waals surface area contributed by atoms with Crippen LogP contribution in [0.4, 0.5) is 0 Å². The van der Waals surface area contributed by atoms with E-state index < -0.39 is 0 Å². The van der Waals surface area contributed by atoms with Crippen LogP contribution in [0.5, 0.6) is 11.5 Å². The SMILES string of the molecule is Oc1ccc(C(=S)NCCc2ccccc2)cc1O. The minimum Gasteiger partial charge on any atom is -0.504 e. The zero-order chi connectivity index (χ0) is 13.7. The fourth-order valence-corrected chi connectivity index (χ4v) is 1.96. The van der Waals surface area contributed by atoms with E-state index in [2.05, 4.69) is 17.4 Å². The maximum absolute atomic E-state index is 9.42. The molecule has 2 aromatic carbocycles. The molecule has 0 saturated carbocycles. The molecule has 0 saturated heterocycles. The summed E-state index contributed by atoms with van der Waals surface area (Å²) in [6, 6.07) is 14.7. The molecule has 0 aliphatic rings. The van der Waals surface area contributed by atoms with Crippen LogP contribution in [0, 0.1) is 0 Å². The van der Waals surface area contributed by atoms with Gasteiger partial charge in [-0.2, -0.15) is 0 Å². The number of nitrogens with one attached hydrogen (secondary N) is 1. The molecule has 0 bridgehead atoms. The van der Waals surface area contributed by atoms with Crippen molar-refractivity contribution in [2.45, 2.75) is 6.42 Å². The summed E-state index contributed by atoms with van der Waals surface area (Å²) in [4.78, 5) is 0.561. The second-order valence-electron chi connectivity index (χ2n) is 4.19. The molecule has 0 unspecified atom stereocenters. The molecule has 0 radical (unpaired) electrons. The third kappa shape index (κ3) is 3.69. The Balaban J connectivity index is 1.89. The quantitative estimate of drug-likeness (QED) is 0.592. The molecule has 0 aliphatic carbocycles. The van der Waals surface area contributed by atoms with Crippen LogP contribution >= 0.6 is 12.2 Å². The van der Waals surface area contributed by atoms with Crippen molar-refractivity contribution in [3.05, 3.63) is 59.7 Å². The molecule has 0 aliphatic heterocycles. The van der Waals surface area contributed by atoms with Gasteiger partial charge in [-0.15, -0.1) is 0 Å². The molecule has 98 valence electrons. The summed E-state index contributed by atoms with van der Waals surface area (Å²) in [7, 11) is 0. The first-order valence-corrected chi connectivity index (χ1v) is 6.42. The lowest BCUT2D eigenvalue weighted by atomic mass is 10.1. The van der Waals surface area contributed by atoms with E-state index in [0.29, 0.717) is 10.6 Å². The Morgan fingerprint density at radius 1 is 1.00 bits per heavy atom. The zero-order valence-electron chi connectivity index (χ0n) is 10.3. The van der Waals surface area contributed by atoms with Crippen molar-refractivity contribution in [3.8, 4) is 11.5 Å². The molecule has 2 rings (SSSR count). The third-order valence-corrected chi connectivity index (χ3v) is 3.16. The molecular weight excluding hydrogens is 258 g/mol. The lowest BCUT2D eigenvalue weighted by molar-refractivity contribution is 0.403. The highest BCUT2D eigenvalue weighted by Gasteiger charge is 2.04. The highest BCUT2D eigenvalue weighted by atomic mass is 32.1. The summed E-state index contributed by atoms with van der Waals surface area (Å²) >= 11 is 5.23. The van der Waals surface area contributed by atoms with Gasteiger partial charge in [0.1, 0.15) is 4.99 Å². The third-order valence-electron chi connectivity index (χ3n) is 2.78. The average molecular weight is 273 g/mol. The van der Waals surface area contributed by atoms with Gasteiger partial charge >= 0.3 is 0 Å². The summed E-state index contributed by atoms with van der Waals surface area (Å²) in [5.74, 6) is -0.305. The molecule has 4 heteroatoms. The van der Waals surface area contributed by atoms with Crippen molar-refractivity contribution in [2.75, 3.05) is 6.54 Å². The molecular formula is C15H15NO2S. The lowest BCUT2D eigenvalue weighted by Crippen LogP contribution is -2.24. The number of thiocarbonyl (C=S) groups is 1. The van der Waals surface area contributed by atoms with Gasteiger partial charge in [0.15, 0.2) is 11.5 Å². The lowest BCUT2D eigenvalue weighted by Gasteiger charge is -2.09. The minimum atomic E-state index is -0.162. The Morgan fingerprint density at radius 2 is 1.74 bits per heavy atom. The summed E-state index contributed by atoms with van der Waals surface area (Å²) in [5.41, 5.74) is 1.93. The van der Waals surface area contributed by atoms with E-state index in [0.717, 1.165) is 13.0 Å². The van der Waals surface area contributed by atoms with Crippen molar-refractivity contribution < 1.29 is 10.2 Å². The van der Waals surface area contributed by atoms with Crippen molar-refractivity contribution in [1.82, 2.24) is 5.32 Å². The molecule has 19 heavy (non-hydrogen) atoms. The minimum absolute atomic E-state index is 0.143. The fraction of sp³-hybridized carbons (Fsp3) is 0.133. The van der Waals surface area contributed by atoms with Crippen molar-refractivity contribution in [2.24, 2.45) is 0 Å². The van der Waals surface area contributed by atoms with Crippen LogP contribution in [0.3, 0.4) is 0 Å². The molecule has 2 aromatic rings. The van der Waals surface area contributed by atoms with Crippen molar-refractivity contribution in [3.63, 3.8) is 0 Å². The van der Waals surface area contributed by atoms with Crippen LogP contribution < -0.4 is 5.32 Å². The van der Waals surface area contributed by atoms with Crippen LogP contribution in [0.25, 0.3) is 0 Å². The Morgan fingerprint density at radius 3 is 2.42 bits per heavy atom. The van der Waals surface area contributed by atoms with Crippen molar-refractivity contribution in [1.29, 1.82) is 0 Å². The van der Waals surface area contributed by atoms with Crippen LogP contribution in [0.1, 0.15) is 11.1 Å². The second-order valence-corrected chi connectivity index (χ2v) is 4.60. The van der Waals surface area contributed by atoms with Crippen molar-refractivity contribution >= 4 is 17.2 Å². The first-order valence-electron chi connectivity index (χ1n) is 6.01. The molecule has 0 amide bonds. The van der Waals surface area contributed by atoms with Crippen LogP contribution in [-0.4, -0.2) is 21.7 Å². The van der Waals surface area contributed by atoms with Gasteiger partial charge in [0.05, 0.1) is 0 Å². The maximum atomic E-state index is 9.42. The summed E-state index contributed by atoms with van der Waals surface area (Å²) in [5, 5.41) is 21.8. The number of benzene rings is 2. The van der Waals surface area contributed by atoms with E-state index in [1.54, 1.807) is 6.07 Å². The molecule has 3 N–H and O–H groups in total. The number of rotatable bonds is 4. The van der Waals surface area contributed by atoms with Crippen LogP contribution in [-0.2, 0) is 6.42 Å². The van der Waals surface area contributed by atoms with Gasteiger partial charge in [0, 0.05) is 12.1 Å². The molecule has 3 nitrogen and oxygen atoms in total. The van der Waals surface area contributed by atoms with E-state index in [1.807, 2.05) is 18.2 Å². The van der Waals surface area contributed by atoms with E-state index in [1.165, 1.54) is 17.7 Å². The number of phenolic OH excluding ortho intramolecular Hbond substituents is 2. The molecule has 0 heterocycles. The predicted molar refractivity (Wildman–Crippen MR) is 79.6 cm³/mol. The normalized spacial score (nSPS) is 10.1. The van der Waals surface area contributed by atoms with Gasteiger partial charge in [-0.05, 0) is 30.2 Å². The van der Waals surface area contributed by atoms with Gasteiger partial charge in [0.2, 0.25) is 0 Å². The van der Waals surface area contributed by atoms with E-state index in [4.69, 9.17) is 12.2 Å². The van der Waals surface area contributed by atoms with Gasteiger partial charge in [-0.3, -0.25) is 0 Å². The smallest absolute Gasteiger partial charge is 0.158 e. The molecule has 0 aromatic heterocycles. The van der Waals surface area contributed by atoms with Gasteiger partial charge in [-0.1, -0.05) is 42.5 Å². The van der Waals surface area contributed by atoms with E-state index in [9.17, 15) is 10.2 Å². The fourth-order valence-electron chi connectivity index (χ4n) is 1.73. The Hall–Kier alpha value is -2.07. The standard InChI is InChI=1S/C15H15NO2S/c17-13-7-6-12(10-14(13)18)15(19)16-9-8-11-4-2-1-3-5-11/h1-7,10,17-18H,8-9H2,(H,16,19). The largest absolute Gasteiger partial charge is 0.504 e. The van der Waals surface area contributed by atoms with Gasteiger partial charge in [0.25, 0.3) is 0 Å². The Labute approximate surface area is 117 Å². The van der Waals surface area contributed by atoms with Gasteiger partial charge in [-0.25, -0.2) is 0 Å². The second kappa shape index (κ2) is 6.20. The number of phenols is 2. The van der Waals surface area contributed by atoms with E-state index >= 15 is 0 Å². The topological polar surface area (TPSA) is 52.5 Å². The monoisotopic (exact) mass is 273 g/mol. The molecule has 0 atom stereocenters. The first-order chi connectivity index (χ1) is 9.16. The summed E-state index contributed by atoms with van der Waals surface area (Å²) in [6.07, 6.45) is 0.880. The Bertz CT molecular complexity index is 570. The zero-order valence-corrected chi connectivity index (χ0v) is 11.2. The molecule has 0 spiro atoms. The highest BCUT2D eigenvalue weighted by molar-refractivity contribution is 7.80. The highest BCUT2D eigenvalue weighted by Crippen LogP contribution is 2.24. The number of hydrogen-bond donors (Lipinski definition) is 3. The van der Waals surface area contributed by atoms with Gasteiger partial charge < -0.3 is 15.5 Å². The van der Waals surface area contributed by atoms with E-state index in [-0.39, 0.29) is 11.5 Å². The van der Waals surface area contributed by atoms with Crippen LogP contribution in [0.2, 0.25) is 0 Å².